The maximum Gasteiger partial charge on any atom is 0.266 e. The van der Waals surface area contributed by atoms with E-state index in [9.17, 15) is 4.79 Å². The molecule has 0 atom stereocenters. The van der Waals surface area contributed by atoms with Gasteiger partial charge in [-0.3, -0.25) is 9.69 Å². The molecule has 0 aromatic heterocycles. The molecule has 2 aliphatic heterocycles. The monoisotopic (exact) mass is 414 g/mol. The number of anilines is 1. The molecule has 0 radical (unpaired) electrons. The van der Waals surface area contributed by atoms with Gasteiger partial charge in [-0.2, -0.15) is 0 Å². The average molecular weight is 415 g/mol. The zero-order valence-corrected chi connectivity index (χ0v) is 18.7. The van der Waals surface area contributed by atoms with E-state index in [-0.39, 0.29) is 11.4 Å². The minimum absolute atomic E-state index is 0.0640. The zero-order chi connectivity index (χ0) is 20.6. The highest BCUT2D eigenvalue weighted by atomic mass is 32.2. The molecule has 148 valence electrons. The highest BCUT2D eigenvalue weighted by Gasteiger charge is 2.33. The van der Waals surface area contributed by atoms with Crippen molar-refractivity contribution >= 4 is 51.5 Å². The predicted molar refractivity (Wildman–Crippen MR) is 124 cm³/mol. The molecule has 0 N–H and O–H groups in total. The molecule has 0 unspecified atom stereocenters. The first-order valence-corrected chi connectivity index (χ1v) is 10.5. The molecule has 1 fully saturated rings. The van der Waals surface area contributed by atoms with Crippen LogP contribution in [0.25, 0.3) is 11.6 Å². The van der Waals surface area contributed by atoms with E-state index in [1.165, 1.54) is 17.3 Å². The fourth-order valence-corrected chi connectivity index (χ4v) is 5.18. The number of hydrogen-bond donors (Lipinski definition) is 0. The van der Waals surface area contributed by atoms with E-state index in [2.05, 4.69) is 57.4 Å². The summed E-state index contributed by atoms with van der Waals surface area (Å²) in [7, 11) is 1.66. The van der Waals surface area contributed by atoms with E-state index in [4.69, 9.17) is 17.0 Å². The Labute approximate surface area is 176 Å². The summed E-state index contributed by atoms with van der Waals surface area (Å²) in [5.74, 6) is 0.662. The number of thioether (sulfide) groups is 1. The molecule has 1 amide bonds. The number of carbonyl (C=O) groups excluding carboxylic acids is 1. The molecule has 2 aliphatic rings. The molecule has 0 aliphatic carbocycles. The maximum atomic E-state index is 12.7. The molecule has 0 bridgehead atoms. The quantitative estimate of drug-likeness (QED) is 0.380. The van der Waals surface area contributed by atoms with Gasteiger partial charge in [-0.1, -0.05) is 36.1 Å². The molecule has 3 rings (SSSR count). The maximum absolute atomic E-state index is 12.7. The van der Waals surface area contributed by atoms with Crippen molar-refractivity contribution in [1.29, 1.82) is 0 Å². The second-order valence-corrected chi connectivity index (χ2v) is 9.09. The molecule has 1 aromatic carbocycles. The third kappa shape index (κ3) is 3.51. The van der Waals surface area contributed by atoms with Crippen molar-refractivity contribution in [3.05, 3.63) is 46.9 Å². The number of allylic oxidation sites excluding steroid dienone is 1. The normalized spacial score (nSPS) is 19.8. The summed E-state index contributed by atoms with van der Waals surface area (Å²) in [6.07, 6.45) is 5.85. The van der Waals surface area contributed by atoms with Gasteiger partial charge < -0.3 is 9.64 Å². The Hall–Kier alpha value is -2.05. The number of amides is 1. The van der Waals surface area contributed by atoms with E-state index in [1.54, 1.807) is 18.1 Å². The topological polar surface area (TPSA) is 32.8 Å². The smallest absolute Gasteiger partial charge is 0.266 e. The highest BCUT2D eigenvalue weighted by molar-refractivity contribution is 8.26. The van der Waals surface area contributed by atoms with Crippen LogP contribution in [-0.2, 0) is 4.79 Å². The molecule has 1 aromatic rings. The Morgan fingerprint density at radius 1 is 1.36 bits per heavy atom. The molecule has 4 nitrogen and oxygen atoms in total. The lowest BCUT2D eigenvalue weighted by atomic mass is 9.87. The molecule has 0 saturated carbocycles. The fraction of sp³-hybridized carbons (Fsp3) is 0.364. The van der Waals surface area contributed by atoms with Gasteiger partial charge in [0, 0.05) is 36.0 Å². The number of ether oxygens (including phenoxy) is 1. The van der Waals surface area contributed by atoms with Crippen LogP contribution in [0.4, 0.5) is 5.69 Å². The minimum Gasteiger partial charge on any atom is -0.496 e. The van der Waals surface area contributed by atoms with E-state index < -0.39 is 0 Å². The van der Waals surface area contributed by atoms with Crippen molar-refractivity contribution in [3.63, 3.8) is 0 Å². The minimum atomic E-state index is -0.0849. The molecule has 1 saturated heterocycles. The van der Waals surface area contributed by atoms with Gasteiger partial charge in [-0.05, 0) is 45.4 Å². The number of nitrogens with zero attached hydrogens (tertiary/aromatic N) is 2. The van der Waals surface area contributed by atoms with Crippen LogP contribution in [0.15, 0.2) is 35.8 Å². The van der Waals surface area contributed by atoms with Crippen molar-refractivity contribution in [2.24, 2.45) is 0 Å². The lowest BCUT2D eigenvalue weighted by Crippen LogP contribution is -2.44. The predicted octanol–water partition coefficient (Wildman–Crippen LogP) is 5.10. The van der Waals surface area contributed by atoms with E-state index >= 15 is 0 Å². The van der Waals surface area contributed by atoms with Gasteiger partial charge in [-0.25, -0.2) is 0 Å². The summed E-state index contributed by atoms with van der Waals surface area (Å²) >= 11 is 6.66. The average Bonchev–Trinajstić information content (AvgIpc) is 2.89. The lowest BCUT2D eigenvalue weighted by Gasteiger charge is -2.43. The van der Waals surface area contributed by atoms with Crippen LogP contribution in [0.2, 0.25) is 0 Å². The van der Waals surface area contributed by atoms with E-state index in [1.807, 2.05) is 6.08 Å². The van der Waals surface area contributed by atoms with E-state index in [0.717, 1.165) is 29.1 Å². The molecule has 2 heterocycles. The summed E-state index contributed by atoms with van der Waals surface area (Å²) < 4.78 is 6.24. The van der Waals surface area contributed by atoms with Gasteiger partial charge in [0.1, 0.15) is 10.1 Å². The Balaban J connectivity index is 2.10. The van der Waals surface area contributed by atoms with Crippen molar-refractivity contribution in [2.75, 3.05) is 25.1 Å². The first kappa shape index (κ1) is 20.7. The first-order valence-electron chi connectivity index (χ1n) is 9.29. The van der Waals surface area contributed by atoms with Gasteiger partial charge in [0.25, 0.3) is 5.91 Å². The standard InChI is InChI=1S/C22H26N2O2S2/c1-7-9-23-20(25)19(28-21(23)27)11-15-10-16-14(3)13-22(4,5)24(8-2)17(16)12-18(15)26-6/h7,10-13H,1,8-9H2,2-6H3/b19-11+. The van der Waals surface area contributed by atoms with Crippen LogP contribution in [-0.4, -0.2) is 40.9 Å². The third-order valence-corrected chi connectivity index (χ3v) is 6.49. The van der Waals surface area contributed by atoms with Crippen molar-refractivity contribution in [3.8, 4) is 5.75 Å². The third-order valence-electron chi connectivity index (χ3n) is 5.12. The van der Waals surface area contributed by atoms with E-state index in [0.29, 0.717) is 15.8 Å². The van der Waals surface area contributed by atoms with Crippen LogP contribution in [0, 0.1) is 0 Å². The van der Waals surface area contributed by atoms with Crippen LogP contribution in [0.1, 0.15) is 38.8 Å². The highest BCUT2D eigenvalue weighted by Crippen LogP contribution is 2.43. The lowest BCUT2D eigenvalue weighted by molar-refractivity contribution is -0.121. The van der Waals surface area contributed by atoms with Crippen molar-refractivity contribution < 1.29 is 9.53 Å². The Kier molecular flexibility index (Phi) is 5.73. The Morgan fingerprint density at radius 3 is 2.68 bits per heavy atom. The van der Waals surface area contributed by atoms with Crippen molar-refractivity contribution in [1.82, 2.24) is 4.90 Å². The summed E-state index contributed by atoms with van der Waals surface area (Å²) in [5, 5.41) is 0. The van der Waals surface area contributed by atoms with Crippen molar-refractivity contribution in [2.45, 2.75) is 33.2 Å². The zero-order valence-electron chi connectivity index (χ0n) is 17.0. The van der Waals surface area contributed by atoms with Gasteiger partial charge in [0.15, 0.2) is 0 Å². The number of rotatable bonds is 5. The Morgan fingerprint density at radius 2 is 2.07 bits per heavy atom. The van der Waals surface area contributed by atoms with Gasteiger partial charge in [0.05, 0.1) is 17.6 Å². The number of likely N-dealkylation sites (N-methyl/N-ethyl adjacent to an activating group) is 1. The first-order chi connectivity index (χ1) is 13.2. The largest absolute Gasteiger partial charge is 0.496 e. The van der Waals surface area contributed by atoms with Gasteiger partial charge in [0.2, 0.25) is 0 Å². The molecular weight excluding hydrogens is 388 g/mol. The number of thiocarbonyl (C=S) groups is 1. The molecular formula is C22H26N2O2S2. The van der Waals surface area contributed by atoms with Gasteiger partial charge >= 0.3 is 0 Å². The summed E-state index contributed by atoms with van der Waals surface area (Å²) in [4.78, 5) is 17.2. The van der Waals surface area contributed by atoms with Crippen LogP contribution in [0.3, 0.4) is 0 Å². The number of benzene rings is 1. The number of carbonyl (C=O) groups is 1. The second-order valence-electron chi connectivity index (χ2n) is 7.42. The summed E-state index contributed by atoms with van der Waals surface area (Å²) in [6.45, 7) is 13.7. The fourth-order valence-electron chi connectivity index (χ4n) is 3.92. The van der Waals surface area contributed by atoms with Crippen LogP contribution >= 0.6 is 24.0 Å². The number of hydrogen-bond acceptors (Lipinski definition) is 5. The second kappa shape index (κ2) is 7.76. The SMILES string of the molecule is C=CCN1C(=O)/C(=C\c2cc3c(cc2OC)N(CC)C(C)(C)C=C3C)SC1=S. The van der Waals surface area contributed by atoms with Crippen LogP contribution < -0.4 is 9.64 Å². The molecule has 0 spiro atoms. The summed E-state index contributed by atoms with van der Waals surface area (Å²) in [5.41, 5.74) is 4.35. The summed E-state index contributed by atoms with van der Waals surface area (Å²) in [6, 6.07) is 4.19. The number of methoxy groups -OCH3 is 1. The molecule has 6 heteroatoms. The molecule has 28 heavy (non-hydrogen) atoms. The van der Waals surface area contributed by atoms with Gasteiger partial charge in [-0.15, -0.1) is 6.58 Å². The van der Waals surface area contributed by atoms with Crippen LogP contribution in [0.5, 0.6) is 5.75 Å². The number of fused-ring (bicyclic) bond motifs is 1. The Bertz CT molecular complexity index is 915.